The highest BCUT2D eigenvalue weighted by Crippen LogP contribution is 2.34. The van der Waals surface area contributed by atoms with Crippen LogP contribution < -0.4 is 5.32 Å². The van der Waals surface area contributed by atoms with E-state index in [0.29, 0.717) is 11.5 Å². The molecular formula is C14H28N2S. The Morgan fingerprint density at radius 1 is 1.35 bits per heavy atom. The van der Waals surface area contributed by atoms with Crippen molar-refractivity contribution in [3.8, 4) is 0 Å². The van der Waals surface area contributed by atoms with Gasteiger partial charge in [-0.3, -0.25) is 4.99 Å². The van der Waals surface area contributed by atoms with Crippen molar-refractivity contribution >= 4 is 16.9 Å². The van der Waals surface area contributed by atoms with Crippen molar-refractivity contribution in [1.82, 2.24) is 5.32 Å². The average molecular weight is 256 g/mol. The molecule has 1 heterocycles. The first kappa shape index (κ1) is 14.9. The van der Waals surface area contributed by atoms with Gasteiger partial charge in [0, 0.05) is 18.3 Å². The Morgan fingerprint density at radius 2 is 2.06 bits per heavy atom. The van der Waals surface area contributed by atoms with Crippen molar-refractivity contribution < 1.29 is 0 Å². The molecule has 1 rings (SSSR count). The molecule has 1 atom stereocenters. The maximum Gasteiger partial charge on any atom is 0.156 e. The largest absolute Gasteiger partial charge is 0.362 e. The number of hydrogen-bond donors (Lipinski definition) is 1. The molecule has 1 aliphatic rings. The summed E-state index contributed by atoms with van der Waals surface area (Å²) in [6.07, 6.45) is 6.33. The first-order valence-electron chi connectivity index (χ1n) is 7.09. The van der Waals surface area contributed by atoms with Crippen molar-refractivity contribution in [2.24, 2.45) is 10.4 Å². The molecule has 0 radical (unpaired) electrons. The second-order valence-corrected chi connectivity index (χ2v) is 6.27. The molecule has 1 N–H and O–H groups in total. The Bertz CT molecular complexity index is 247. The van der Waals surface area contributed by atoms with E-state index in [1.807, 2.05) is 11.8 Å². The number of thioether (sulfide) groups is 1. The molecule has 17 heavy (non-hydrogen) atoms. The Kier molecular flexibility index (Phi) is 6.39. The fraction of sp³-hybridized carbons (Fsp3) is 0.929. The van der Waals surface area contributed by atoms with E-state index in [4.69, 9.17) is 4.99 Å². The fourth-order valence-corrected chi connectivity index (χ4v) is 3.49. The summed E-state index contributed by atoms with van der Waals surface area (Å²) in [6.45, 7) is 10.1. The van der Waals surface area contributed by atoms with Crippen LogP contribution in [0.4, 0.5) is 0 Å². The van der Waals surface area contributed by atoms with Gasteiger partial charge in [0.15, 0.2) is 5.17 Å². The third-order valence-corrected chi connectivity index (χ3v) is 5.21. The number of hydrogen-bond acceptors (Lipinski definition) is 3. The first-order valence-corrected chi connectivity index (χ1v) is 8.08. The third kappa shape index (κ3) is 4.53. The molecule has 1 aliphatic heterocycles. The molecule has 0 fully saturated rings. The molecule has 100 valence electrons. The zero-order chi connectivity index (χ0) is 12.7. The summed E-state index contributed by atoms with van der Waals surface area (Å²) in [5, 5.41) is 4.72. The minimum atomic E-state index is 0.461. The van der Waals surface area contributed by atoms with Crippen molar-refractivity contribution in [1.29, 1.82) is 0 Å². The topological polar surface area (TPSA) is 24.4 Å². The normalized spacial score (nSPS) is 20.8. The second kappa shape index (κ2) is 7.30. The van der Waals surface area contributed by atoms with E-state index in [9.17, 15) is 0 Å². The number of unbranched alkanes of at least 4 members (excludes halogenated alkanes) is 1. The Labute approximate surface area is 111 Å². The molecule has 0 aliphatic carbocycles. The van der Waals surface area contributed by atoms with Crippen LogP contribution in [0.5, 0.6) is 0 Å². The number of amidine groups is 1. The maximum atomic E-state index is 4.74. The van der Waals surface area contributed by atoms with Gasteiger partial charge >= 0.3 is 0 Å². The summed E-state index contributed by atoms with van der Waals surface area (Å²) in [6, 6.07) is 0.567. The third-order valence-electron chi connectivity index (χ3n) is 3.93. The first-order chi connectivity index (χ1) is 8.15. The summed E-state index contributed by atoms with van der Waals surface area (Å²) in [5.74, 6) is 1.23. The van der Waals surface area contributed by atoms with Gasteiger partial charge in [-0.1, -0.05) is 45.4 Å². The van der Waals surface area contributed by atoms with Crippen molar-refractivity contribution in [3.05, 3.63) is 0 Å². The van der Waals surface area contributed by atoms with Crippen LogP contribution in [-0.4, -0.2) is 23.5 Å². The SMILES string of the molecule is CCCCC(C)NC1=NCC(CC)(CC)CS1. The van der Waals surface area contributed by atoms with Crippen molar-refractivity contribution in [3.63, 3.8) is 0 Å². The summed E-state index contributed by atoms with van der Waals surface area (Å²) in [4.78, 5) is 4.74. The molecule has 0 aromatic heterocycles. The number of rotatable bonds is 6. The summed E-state index contributed by atoms with van der Waals surface area (Å²) >= 11 is 1.92. The number of aliphatic imine (C=N–C) groups is 1. The summed E-state index contributed by atoms with van der Waals surface area (Å²) in [7, 11) is 0. The fourth-order valence-electron chi connectivity index (χ4n) is 2.11. The van der Waals surface area contributed by atoms with E-state index in [1.54, 1.807) is 0 Å². The van der Waals surface area contributed by atoms with Gasteiger partial charge in [0.1, 0.15) is 0 Å². The van der Waals surface area contributed by atoms with Crippen LogP contribution in [-0.2, 0) is 0 Å². The zero-order valence-electron chi connectivity index (χ0n) is 11.9. The smallest absolute Gasteiger partial charge is 0.156 e. The maximum absolute atomic E-state index is 4.74. The lowest BCUT2D eigenvalue weighted by Crippen LogP contribution is -2.37. The minimum Gasteiger partial charge on any atom is -0.362 e. The molecule has 0 aromatic carbocycles. The lowest BCUT2D eigenvalue weighted by atomic mass is 9.84. The molecule has 0 bridgehead atoms. The molecule has 1 unspecified atom stereocenters. The van der Waals surface area contributed by atoms with Gasteiger partial charge < -0.3 is 5.32 Å². The highest BCUT2D eigenvalue weighted by molar-refractivity contribution is 8.13. The van der Waals surface area contributed by atoms with E-state index in [0.717, 1.165) is 6.54 Å². The lowest BCUT2D eigenvalue weighted by Gasteiger charge is -2.34. The van der Waals surface area contributed by atoms with Gasteiger partial charge in [0.05, 0.1) is 0 Å². The summed E-state index contributed by atoms with van der Waals surface area (Å²) in [5.41, 5.74) is 0.461. The predicted octanol–water partition coefficient (Wildman–Crippen LogP) is 4.06. The van der Waals surface area contributed by atoms with Crippen molar-refractivity contribution in [2.75, 3.05) is 12.3 Å². The van der Waals surface area contributed by atoms with Gasteiger partial charge in [0.2, 0.25) is 0 Å². The number of nitrogens with zero attached hydrogens (tertiary/aromatic N) is 1. The van der Waals surface area contributed by atoms with Crippen LogP contribution in [0.3, 0.4) is 0 Å². The van der Waals surface area contributed by atoms with Crippen LogP contribution in [0.15, 0.2) is 4.99 Å². The van der Waals surface area contributed by atoms with Crippen LogP contribution in [0, 0.1) is 5.41 Å². The second-order valence-electron chi connectivity index (χ2n) is 5.30. The molecule has 0 aromatic rings. The van der Waals surface area contributed by atoms with Crippen LogP contribution in [0.1, 0.15) is 59.8 Å². The molecule has 0 saturated heterocycles. The highest BCUT2D eigenvalue weighted by Gasteiger charge is 2.30. The monoisotopic (exact) mass is 256 g/mol. The van der Waals surface area contributed by atoms with Gasteiger partial charge in [0.25, 0.3) is 0 Å². The molecule has 3 heteroatoms. The number of nitrogens with one attached hydrogen (secondary N) is 1. The molecule has 0 amide bonds. The van der Waals surface area contributed by atoms with Gasteiger partial charge in [-0.2, -0.15) is 0 Å². The minimum absolute atomic E-state index is 0.461. The average Bonchev–Trinajstić information content (AvgIpc) is 2.38. The van der Waals surface area contributed by atoms with E-state index < -0.39 is 0 Å². The summed E-state index contributed by atoms with van der Waals surface area (Å²) < 4.78 is 0. The van der Waals surface area contributed by atoms with E-state index >= 15 is 0 Å². The molecule has 2 nitrogen and oxygen atoms in total. The van der Waals surface area contributed by atoms with E-state index in [2.05, 4.69) is 33.0 Å². The molecule has 0 saturated carbocycles. The standard InChI is InChI=1S/C14H28N2S/c1-5-8-9-12(4)16-13-15-10-14(6-2,7-3)11-17-13/h12H,5-11H2,1-4H3,(H,15,16). The van der Waals surface area contributed by atoms with Crippen LogP contribution >= 0.6 is 11.8 Å². The van der Waals surface area contributed by atoms with Crippen LogP contribution in [0.2, 0.25) is 0 Å². The Hall–Kier alpha value is -0.180. The quantitative estimate of drug-likeness (QED) is 0.775. The molecular weight excluding hydrogens is 228 g/mol. The van der Waals surface area contributed by atoms with Crippen molar-refractivity contribution in [2.45, 2.75) is 65.8 Å². The Morgan fingerprint density at radius 3 is 2.53 bits per heavy atom. The predicted molar refractivity (Wildman–Crippen MR) is 79.9 cm³/mol. The van der Waals surface area contributed by atoms with Crippen LogP contribution in [0.25, 0.3) is 0 Å². The van der Waals surface area contributed by atoms with E-state index in [-0.39, 0.29) is 0 Å². The molecule has 0 spiro atoms. The van der Waals surface area contributed by atoms with E-state index in [1.165, 1.54) is 43.0 Å². The van der Waals surface area contributed by atoms with Gasteiger partial charge in [-0.25, -0.2) is 0 Å². The lowest BCUT2D eigenvalue weighted by molar-refractivity contribution is 0.318. The van der Waals surface area contributed by atoms with Gasteiger partial charge in [-0.15, -0.1) is 0 Å². The zero-order valence-corrected chi connectivity index (χ0v) is 12.7. The van der Waals surface area contributed by atoms with Gasteiger partial charge in [-0.05, 0) is 31.6 Å². The highest BCUT2D eigenvalue weighted by atomic mass is 32.2. The Balaban J connectivity index is 2.40.